The first kappa shape index (κ1) is 22.3. The second kappa shape index (κ2) is 8.78. The Hall–Kier alpha value is -2.37. The van der Waals surface area contributed by atoms with Crippen LogP contribution in [0, 0.1) is 11.6 Å². The third-order valence-electron chi connectivity index (χ3n) is 4.67. The molecule has 0 fully saturated rings. The Morgan fingerprint density at radius 2 is 2.07 bits per heavy atom. The molecule has 0 saturated heterocycles. The molecule has 0 bridgehead atoms. The SMILES string of the molecule is C[C@@H](NC(=O)c1cc(Br)cc(Br)c1N)[C@](O)(Cn1cncn1)c1ccc(F)cc1F. The number of rotatable bonds is 6. The van der Waals surface area contributed by atoms with Crippen LogP contribution in [0.1, 0.15) is 22.8 Å². The topological polar surface area (TPSA) is 106 Å². The maximum absolute atomic E-state index is 14.6. The van der Waals surface area contributed by atoms with Crippen molar-refractivity contribution in [1.82, 2.24) is 20.1 Å². The number of carbonyl (C=O) groups excluding carboxylic acids is 1. The molecule has 0 radical (unpaired) electrons. The number of carbonyl (C=O) groups is 1. The van der Waals surface area contributed by atoms with Gasteiger partial charge in [-0.05, 0) is 41.1 Å². The van der Waals surface area contributed by atoms with Crippen LogP contribution in [0.25, 0.3) is 0 Å². The van der Waals surface area contributed by atoms with Gasteiger partial charge in [0.15, 0.2) is 0 Å². The van der Waals surface area contributed by atoms with E-state index in [2.05, 4.69) is 47.3 Å². The Kier molecular flexibility index (Phi) is 6.53. The van der Waals surface area contributed by atoms with E-state index in [0.29, 0.717) is 15.0 Å². The van der Waals surface area contributed by atoms with Crippen LogP contribution in [0.5, 0.6) is 0 Å². The summed E-state index contributed by atoms with van der Waals surface area (Å²) in [5.41, 5.74) is 4.17. The first-order valence-electron chi connectivity index (χ1n) is 8.67. The lowest BCUT2D eigenvalue weighted by Crippen LogP contribution is -2.52. The van der Waals surface area contributed by atoms with Crippen LogP contribution in [0.4, 0.5) is 14.5 Å². The van der Waals surface area contributed by atoms with E-state index in [9.17, 15) is 18.7 Å². The smallest absolute Gasteiger partial charge is 0.253 e. The van der Waals surface area contributed by atoms with Gasteiger partial charge in [0, 0.05) is 20.6 Å². The second-order valence-electron chi connectivity index (χ2n) is 6.69. The van der Waals surface area contributed by atoms with Crippen LogP contribution in [0.15, 0.2) is 51.9 Å². The number of anilines is 1. The first-order valence-corrected chi connectivity index (χ1v) is 10.3. The minimum absolute atomic E-state index is 0.158. The molecular weight excluding hydrogens is 528 g/mol. The number of hydrogen-bond donors (Lipinski definition) is 3. The molecule has 0 saturated carbocycles. The summed E-state index contributed by atoms with van der Waals surface area (Å²) in [5, 5.41) is 18.0. The molecule has 3 aromatic rings. The standard InChI is InChI=1S/C19H17Br2F2N5O2/c1-10(27-18(29)13-4-11(20)5-15(21)17(13)24)19(30,7-28-9-25-8-26-28)14-3-2-12(22)6-16(14)23/h2-6,8-10,30H,7,24H2,1H3,(H,27,29)/t10-,19-/m1/s1. The second-order valence-corrected chi connectivity index (χ2v) is 8.46. The number of aromatic nitrogens is 3. The molecule has 158 valence electrons. The Labute approximate surface area is 187 Å². The average Bonchev–Trinajstić information content (AvgIpc) is 3.17. The van der Waals surface area contributed by atoms with E-state index in [4.69, 9.17) is 5.73 Å². The van der Waals surface area contributed by atoms with Crippen molar-refractivity contribution in [3.63, 3.8) is 0 Å². The highest BCUT2D eigenvalue weighted by molar-refractivity contribution is 9.11. The van der Waals surface area contributed by atoms with Crippen LogP contribution in [-0.2, 0) is 12.1 Å². The minimum atomic E-state index is -1.97. The zero-order valence-electron chi connectivity index (χ0n) is 15.6. The van der Waals surface area contributed by atoms with Crippen molar-refractivity contribution in [2.75, 3.05) is 5.73 Å². The van der Waals surface area contributed by atoms with Crippen LogP contribution < -0.4 is 11.1 Å². The number of halogens is 4. The van der Waals surface area contributed by atoms with Crippen molar-refractivity contribution < 1.29 is 18.7 Å². The summed E-state index contributed by atoms with van der Waals surface area (Å²) in [6, 6.07) is 5.02. The molecule has 11 heteroatoms. The summed E-state index contributed by atoms with van der Waals surface area (Å²) >= 11 is 6.57. The van der Waals surface area contributed by atoms with Crippen LogP contribution >= 0.6 is 31.9 Å². The summed E-state index contributed by atoms with van der Waals surface area (Å²) < 4.78 is 30.4. The van der Waals surface area contributed by atoms with Gasteiger partial charge in [-0.15, -0.1) is 0 Å². The van der Waals surface area contributed by atoms with E-state index in [-0.39, 0.29) is 23.4 Å². The quantitative estimate of drug-likeness (QED) is 0.413. The molecule has 3 rings (SSSR count). The number of nitrogen functional groups attached to an aromatic ring is 1. The van der Waals surface area contributed by atoms with Gasteiger partial charge in [-0.3, -0.25) is 4.79 Å². The summed E-state index contributed by atoms with van der Waals surface area (Å²) in [4.78, 5) is 16.7. The fourth-order valence-electron chi connectivity index (χ4n) is 3.02. The first-order chi connectivity index (χ1) is 14.1. The van der Waals surface area contributed by atoms with Crippen LogP contribution in [0.3, 0.4) is 0 Å². The monoisotopic (exact) mass is 543 g/mol. The predicted octanol–water partition coefficient (Wildman–Crippen LogP) is 3.37. The molecule has 7 nitrogen and oxygen atoms in total. The third-order valence-corrected chi connectivity index (χ3v) is 5.78. The normalized spacial score (nSPS) is 14.2. The maximum Gasteiger partial charge on any atom is 0.253 e. The number of nitrogens with two attached hydrogens (primary N) is 1. The van der Waals surface area contributed by atoms with E-state index in [0.717, 1.165) is 12.1 Å². The Morgan fingerprint density at radius 1 is 1.33 bits per heavy atom. The predicted molar refractivity (Wildman–Crippen MR) is 113 cm³/mol. The molecule has 0 aliphatic rings. The lowest BCUT2D eigenvalue weighted by Gasteiger charge is -2.35. The van der Waals surface area contributed by atoms with Gasteiger partial charge >= 0.3 is 0 Å². The van der Waals surface area contributed by atoms with Gasteiger partial charge in [0.25, 0.3) is 5.91 Å². The van der Waals surface area contributed by atoms with Gasteiger partial charge in [-0.2, -0.15) is 5.10 Å². The number of nitrogens with one attached hydrogen (secondary N) is 1. The van der Waals surface area contributed by atoms with E-state index < -0.39 is 29.2 Å². The highest BCUT2D eigenvalue weighted by Gasteiger charge is 2.40. The van der Waals surface area contributed by atoms with Crippen molar-refractivity contribution in [3.05, 3.63) is 74.7 Å². The number of benzene rings is 2. The number of nitrogens with zero attached hydrogens (tertiary/aromatic N) is 3. The molecule has 30 heavy (non-hydrogen) atoms. The zero-order chi connectivity index (χ0) is 22.1. The van der Waals surface area contributed by atoms with Crippen LogP contribution in [-0.4, -0.2) is 31.8 Å². The largest absolute Gasteiger partial charge is 0.397 e. The molecule has 0 spiro atoms. The molecule has 1 aromatic heterocycles. The molecule has 2 atom stereocenters. The van der Waals surface area contributed by atoms with Crippen molar-refractivity contribution in [2.45, 2.75) is 25.1 Å². The van der Waals surface area contributed by atoms with Gasteiger partial charge in [0.05, 0.1) is 23.8 Å². The fraction of sp³-hybridized carbons (Fsp3) is 0.211. The summed E-state index contributed by atoms with van der Waals surface area (Å²) in [6.07, 6.45) is 2.59. The molecule has 0 unspecified atom stereocenters. The molecule has 1 amide bonds. The van der Waals surface area contributed by atoms with Gasteiger partial charge in [-0.25, -0.2) is 18.4 Å². The summed E-state index contributed by atoms with van der Waals surface area (Å²) in [7, 11) is 0. The molecule has 0 aliphatic carbocycles. The van der Waals surface area contributed by atoms with E-state index in [1.807, 2.05) is 0 Å². The van der Waals surface area contributed by atoms with Crippen LogP contribution in [0.2, 0.25) is 0 Å². The summed E-state index contributed by atoms with van der Waals surface area (Å²) in [5.74, 6) is -2.33. The fourth-order valence-corrected chi connectivity index (χ4v) is 4.25. The van der Waals surface area contributed by atoms with Gasteiger partial charge < -0.3 is 16.2 Å². The van der Waals surface area contributed by atoms with Crippen molar-refractivity contribution in [2.24, 2.45) is 0 Å². The summed E-state index contributed by atoms with van der Waals surface area (Å²) in [6.45, 7) is 1.26. The van der Waals surface area contributed by atoms with Gasteiger partial charge in [0.2, 0.25) is 0 Å². The average molecular weight is 545 g/mol. The molecule has 4 N–H and O–H groups in total. The lowest BCUT2D eigenvalue weighted by molar-refractivity contribution is -0.0186. The third kappa shape index (κ3) is 4.52. The van der Waals surface area contributed by atoms with Crippen molar-refractivity contribution >= 4 is 43.5 Å². The number of amides is 1. The number of hydrogen-bond acceptors (Lipinski definition) is 5. The Balaban J connectivity index is 1.98. The molecule has 2 aromatic carbocycles. The van der Waals surface area contributed by atoms with Crippen molar-refractivity contribution in [1.29, 1.82) is 0 Å². The molecule has 0 aliphatic heterocycles. The van der Waals surface area contributed by atoms with E-state index in [1.165, 1.54) is 30.3 Å². The molecule has 1 heterocycles. The van der Waals surface area contributed by atoms with Gasteiger partial charge in [0.1, 0.15) is 29.9 Å². The van der Waals surface area contributed by atoms with Gasteiger partial charge in [-0.1, -0.05) is 22.0 Å². The maximum atomic E-state index is 14.6. The Bertz CT molecular complexity index is 1080. The number of aliphatic hydroxyl groups is 1. The molecular formula is C19H17Br2F2N5O2. The Morgan fingerprint density at radius 3 is 2.70 bits per heavy atom. The van der Waals surface area contributed by atoms with Crippen molar-refractivity contribution in [3.8, 4) is 0 Å². The minimum Gasteiger partial charge on any atom is -0.397 e. The van der Waals surface area contributed by atoms with E-state index in [1.54, 1.807) is 6.07 Å². The zero-order valence-corrected chi connectivity index (χ0v) is 18.8. The lowest BCUT2D eigenvalue weighted by atomic mass is 9.86. The van der Waals surface area contributed by atoms with E-state index >= 15 is 0 Å². The highest BCUT2D eigenvalue weighted by atomic mass is 79.9. The highest BCUT2D eigenvalue weighted by Crippen LogP contribution is 2.32.